The molecule has 0 amide bonds. The Bertz CT molecular complexity index is 670. The first-order valence-corrected chi connectivity index (χ1v) is 8.51. The molecule has 0 aliphatic carbocycles. The minimum absolute atomic E-state index is 0.0375. The van der Waals surface area contributed by atoms with Crippen LogP contribution in [0.2, 0.25) is 0 Å². The minimum Gasteiger partial charge on any atom is -0.497 e. The molecule has 1 heterocycles. The molecule has 4 heteroatoms. The Balaban J connectivity index is 2.18. The van der Waals surface area contributed by atoms with Crippen molar-refractivity contribution in [3.63, 3.8) is 0 Å². The summed E-state index contributed by atoms with van der Waals surface area (Å²) in [4.78, 5) is 0.0375. The molecule has 2 aromatic rings. The number of hydrogen-bond donors (Lipinski definition) is 0. The van der Waals surface area contributed by atoms with Gasteiger partial charge in [0.25, 0.3) is 0 Å². The number of fused-ring (bicyclic) bond motifs is 1. The third-order valence-corrected chi connectivity index (χ3v) is 4.81. The fourth-order valence-corrected chi connectivity index (χ4v) is 3.51. The maximum atomic E-state index is 6.29. The molecule has 1 aliphatic rings. The van der Waals surface area contributed by atoms with Crippen molar-refractivity contribution >= 4 is 26.7 Å². The van der Waals surface area contributed by atoms with E-state index in [1.54, 1.807) is 7.11 Å². The molecular formula is C18H21BrO3. The molecule has 1 aliphatic heterocycles. The maximum Gasteiger partial charge on any atom is 0.208 e. The predicted molar refractivity (Wildman–Crippen MR) is 91.7 cm³/mol. The lowest BCUT2D eigenvalue weighted by Crippen LogP contribution is -2.47. The molecule has 3 atom stereocenters. The zero-order valence-corrected chi connectivity index (χ0v) is 14.7. The number of alkyl halides is 1. The van der Waals surface area contributed by atoms with Gasteiger partial charge in [-0.3, -0.25) is 0 Å². The van der Waals surface area contributed by atoms with Crippen LogP contribution >= 0.6 is 15.9 Å². The molecule has 22 heavy (non-hydrogen) atoms. The Morgan fingerprint density at radius 3 is 2.82 bits per heavy atom. The Hall–Kier alpha value is -1.10. The van der Waals surface area contributed by atoms with Gasteiger partial charge in [0.05, 0.1) is 24.6 Å². The molecular weight excluding hydrogens is 344 g/mol. The molecule has 2 aromatic carbocycles. The smallest absolute Gasteiger partial charge is 0.208 e. The van der Waals surface area contributed by atoms with Crippen LogP contribution in [0.25, 0.3) is 10.8 Å². The SMILES string of the molecule is COc1ccc2c(C3(C(C)Br)OCCC(C)O3)cccc2c1. The van der Waals surface area contributed by atoms with Crippen LogP contribution in [-0.2, 0) is 15.3 Å². The number of hydrogen-bond acceptors (Lipinski definition) is 3. The van der Waals surface area contributed by atoms with Crippen LogP contribution in [0, 0.1) is 0 Å². The van der Waals surface area contributed by atoms with Gasteiger partial charge in [-0.2, -0.15) is 0 Å². The lowest BCUT2D eigenvalue weighted by Gasteiger charge is -2.43. The monoisotopic (exact) mass is 364 g/mol. The van der Waals surface area contributed by atoms with Gasteiger partial charge in [0.2, 0.25) is 5.79 Å². The number of ether oxygens (including phenoxy) is 3. The van der Waals surface area contributed by atoms with Gasteiger partial charge >= 0.3 is 0 Å². The Kier molecular flexibility index (Phi) is 4.44. The van der Waals surface area contributed by atoms with Gasteiger partial charge in [-0.05, 0) is 43.2 Å². The lowest BCUT2D eigenvalue weighted by atomic mass is 9.94. The molecule has 118 valence electrons. The van der Waals surface area contributed by atoms with Crippen LogP contribution in [0.15, 0.2) is 36.4 Å². The fourth-order valence-electron chi connectivity index (χ4n) is 3.03. The first kappa shape index (κ1) is 15.8. The second-order valence-corrected chi connectivity index (χ2v) is 7.12. The van der Waals surface area contributed by atoms with E-state index in [0.29, 0.717) is 6.61 Å². The van der Waals surface area contributed by atoms with Crippen LogP contribution in [0.4, 0.5) is 0 Å². The molecule has 3 rings (SSSR count). The van der Waals surface area contributed by atoms with Gasteiger partial charge in [0.15, 0.2) is 0 Å². The normalized spacial score (nSPS) is 26.8. The Morgan fingerprint density at radius 1 is 1.32 bits per heavy atom. The summed E-state index contributed by atoms with van der Waals surface area (Å²) in [5, 5.41) is 2.25. The number of benzene rings is 2. The summed E-state index contributed by atoms with van der Waals surface area (Å²) in [7, 11) is 1.68. The highest BCUT2D eigenvalue weighted by molar-refractivity contribution is 9.09. The van der Waals surface area contributed by atoms with Gasteiger partial charge in [0, 0.05) is 5.56 Å². The van der Waals surface area contributed by atoms with Crippen LogP contribution in [0.3, 0.4) is 0 Å². The second kappa shape index (κ2) is 6.19. The van der Waals surface area contributed by atoms with Gasteiger partial charge in [0.1, 0.15) is 5.75 Å². The second-order valence-electron chi connectivity index (χ2n) is 5.74. The predicted octanol–water partition coefficient (Wildman–Crippen LogP) is 4.61. The summed E-state index contributed by atoms with van der Waals surface area (Å²) in [6.45, 7) is 4.87. The Morgan fingerprint density at radius 2 is 2.14 bits per heavy atom. The van der Waals surface area contributed by atoms with Crippen molar-refractivity contribution in [2.45, 2.75) is 37.0 Å². The summed E-state index contributed by atoms with van der Waals surface area (Å²) in [6, 6.07) is 12.3. The van der Waals surface area contributed by atoms with E-state index in [9.17, 15) is 0 Å². The van der Waals surface area contributed by atoms with Crippen LogP contribution < -0.4 is 4.74 Å². The van der Waals surface area contributed by atoms with E-state index in [0.717, 1.165) is 28.5 Å². The van der Waals surface area contributed by atoms with Gasteiger partial charge in [-0.1, -0.05) is 40.2 Å². The highest BCUT2D eigenvalue weighted by atomic mass is 79.9. The van der Waals surface area contributed by atoms with Crippen molar-refractivity contribution < 1.29 is 14.2 Å². The third kappa shape index (κ3) is 2.64. The lowest BCUT2D eigenvalue weighted by molar-refractivity contribution is -0.295. The molecule has 0 aromatic heterocycles. The van der Waals surface area contributed by atoms with Gasteiger partial charge in [-0.25, -0.2) is 0 Å². The van der Waals surface area contributed by atoms with E-state index in [1.165, 1.54) is 0 Å². The largest absolute Gasteiger partial charge is 0.497 e. The van der Waals surface area contributed by atoms with Gasteiger partial charge in [-0.15, -0.1) is 0 Å². The molecule has 0 bridgehead atoms. The summed E-state index contributed by atoms with van der Waals surface area (Å²) in [5.74, 6) is 0.0932. The summed E-state index contributed by atoms with van der Waals surface area (Å²) < 4.78 is 17.8. The van der Waals surface area contributed by atoms with Crippen LogP contribution in [-0.4, -0.2) is 24.6 Å². The number of rotatable bonds is 3. The molecule has 3 unspecified atom stereocenters. The quantitative estimate of drug-likeness (QED) is 0.744. The molecule has 1 fully saturated rings. The van der Waals surface area contributed by atoms with Crippen LogP contribution in [0.5, 0.6) is 5.75 Å². The van der Waals surface area contributed by atoms with Gasteiger partial charge < -0.3 is 14.2 Å². The van der Waals surface area contributed by atoms with E-state index >= 15 is 0 Å². The van der Waals surface area contributed by atoms with Crippen molar-refractivity contribution in [3.05, 3.63) is 42.0 Å². The number of halogens is 1. The molecule has 0 N–H and O–H groups in total. The summed E-state index contributed by atoms with van der Waals surface area (Å²) in [6.07, 6.45) is 1.09. The molecule has 0 saturated carbocycles. The van der Waals surface area contributed by atoms with Crippen LogP contribution in [0.1, 0.15) is 25.8 Å². The van der Waals surface area contributed by atoms with Crippen molar-refractivity contribution in [2.24, 2.45) is 0 Å². The van der Waals surface area contributed by atoms with E-state index < -0.39 is 5.79 Å². The first-order chi connectivity index (χ1) is 10.6. The van der Waals surface area contributed by atoms with Crippen molar-refractivity contribution in [1.82, 2.24) is 0 Å². The average Bonchev–Trinajstić information content (AvgIpc) is 2.53. The Labute approximate surface area is 139 Å². The summed E-state index contributed by atoms with van der Waals surface area (Å²) >= 11 is 3.70. The van der Waals surface area contributed by atoms with E-state index in [2.05, 4.69) is 48.0 Å². The fraction of sp³-hybridized carbons (Fsp3) is 0.444. The molecule has 0 radical (unpaired) electrons. The number of methoxy groups -OCH3 is 1. The van der Waals surface area contributed by atoms with E-state index in [-0.39, 0.29) is 10.9 Å². The molecule has 0 spiro atoms. The molecule has 1 saturated heterocycles. The van der Waals surface area contributed by atoms with Crippen molar-refractivity contribution in [3.8, 4) is 5.75 Å². The van der Waals surface area contributed by atoms with Crippen molar-refractivity contribution in [1.29, 1.82) is 0 Å². The molecule has 3 nitrogen and oxygen atoms in total. The highest BCUT2D eigenvalue weighted by Gasteiger charge is 2.44. The van der Waals surface area contributed by atoms with E-state index in [4.69, 9.17) is 14.2 Å². The highest BCUT2D eigenvalue weighted by Crippen LogP contribution is 2.42. The zero-order valence-electron chi connectivity index (χ0n) is 13.1. The standard InChI is InChI=1S/C18H21BrO3/c1-12-9-10-21-18(22-12,13(2)19)17-6-4-5-14-11-15(20-3)7-8-16(14)17/h4-8,11-13H,9-10H2,1-3H3. The average molecular weight is 365 g/mol. The minimum atomic E-state index is -0.758. The maximum absolute atomic E-state index is 6.29. The first-order valence-electron chi connectivity index (χ1n) is 7.60. The zero-order chi connectivity index (χ0) is 15.7. The topological polar surface area (TPSA) is 27.7 Å². The third-order valence-electron chi connectivity index (χ3n) is 4.20. The van der Waals surface area contributed by atoms with E-state index in [1.807, 2.05) is 18.2 Å². The summed E-state index contributed by atoms with van der Waals surface area (Å²) in [5.41, 5.74) is 1.06. The van der Waals surface area contributed by atoms with Crippen molar-refractivity contribution in [2.75, 3.05) is 13.7 Å².